The van der Waals surface area contributed by atoms with Crippen molar-refractivity contribution in [2.24, 2.45) is 0 Å². The summed E-state index contributed by atoms with van der Waals surface area (Å²) in [5.41, 5.74) is -0.0458. The predicted molar refractivity (Wildman–Crippen MR) is 100 cm³/mol. The minimum Gasteiger partial charge on any atom is -0.459 e. The largest absolute Gasteiger partial charge is 0.459 e. The van der Waals surface area contributed by atoms with Crippen LogP contribution in [0.5, 0.6) is 0 Å². The van der Waals surface area contributed by atoms with E-state index in [2.05, 4.69) is 10.6 Å². The Kier molecular flexibility index (Phi) is 8.87. The monoisotopic (exact) mass is 396 g/mol. The zero-order valence-corrected chi connectivity index (χ0v) is 16.5. The SMILES string of the molecule is C[C@@H](O)[C@H](NC(=O)[C@H](CO)NC(=O)OC(C)(C)C)C(=O)OCc1ccccc1. The molecule has 1 rings (SSSR count). The Morgan fingerprint density at radius 3 is 2.21 bits per heavy atom. The molecule has 0 aliphatic rings. The van der Waals surface area contributed by atoms with Gasteiger partial charge in [-0.25, -0.2) is 9.59 Å². The molecule has 0 spiro atoms. The summed E-state index contributed by atoms with van der Waals surface area (Å²) in [4.78, 5) is 36.3. The molecule has 0 heterocycles. The third-order valence-corrected chi connectivity index (χ3v) is 3.45. The van der Waals surface area contributed by atoms with E-state index in [1.54, 1.807) is 45.0 Å². The molecule has 0 aliphatic heterocycles. The highest BCUT2D eigenvalue weighted by molar-refractivity contribution is 5.90. The van der Waals surface area contributed by atoms with Crippen LogP contribution in [0.15, 0.2) is 30.3 Å². The van der Waals surface area contributed by atoms with E-state index in [0.29, 0.717) is 0 Å². The van der Waals surface area contributed by atoms with Gasteiger partial charge < -0.3 is 30.3 Å². The van der Waals surface area contributed by atoms with Gasteiger partial charge in [0.15, 0.2) is 6.04 Å². The molecule has 0 unspecified atom stereocenters. The maximum Gasteiger partial charge on any atom is 0.408 e. The van der Waals surface area contributed by atoms with E-state index in [9.17, 15) is 24.6 Å². The molecule has 28 heavy (non-hydrogen) atoms. The number of amides is 2. The smallest absolute Gasteiger partial charge is 0.408 e. The number of rotatable bonds is 8. The standard InChI is InChI=1S/C19H28N2O7/c1-12(23)15(17(25)27-11-13-8-6-5-7-9-13)21-16(24)14(10-22)20-18(26)28-19(2,3)4/h5-9,12,14-15,22-23H,10-11H2,1-4H3,(H,20,26)(H,21,24)/t12-,14+,15+/m1/s1. The van der Waals surface area contributed by atoms with Crippen molar-refractivity contribution < 1.29 is 34.1 Å². The highest BCUT2D eigenvalue weighted by atomic mass is 16.6. The van der Waals surface area contributed by atoms with E-state index in [1.165, 1.54) is 6.92 Å². The van der Waals surface area contributed by atoms with Crippen LogP contribution in [0, 0.1) is 0 Å². The fourth-order valence-electron chi connectivity index (χ4n) is 2.09. The van der Waals surface area contributed by atoms with Crippen molar-refractivity contribution in [3.63, 3.8) is 0 Å². The highest BCUT2D eigenvalue weighted by Crippen LogP contribution is 2.07. The van der Waals surface area contributed by atoms with E-state index in [-0.39, 0.29) is 6.61 Å². The summed E-state index contributed by atoms with van der Waals surface area (Å²) in [7, 11) is 0. The summed E-state index contributed by atoms with van der Waals surface area (Å²) in [6, 6.07) is 6.17. The number of ether oxygens (including phenoxy) is 2. The molecule has 1 aromatic carbocycles. The second-order valence-corrected chi connectivity index (χ2v) is 7.20. The molecule has 2 amide bonds. The number of hydrogen-bond acceptors (Lipinski definition) is 7. The number of esters is 1. The van der Waals surface area contributed by atoms with Crippen molar-refractivity contribution in [2.75, 3.05) is 6.61 Å². The van der Waals surface area contributed by atoms with Gasteiger partial charge in [-0.05, 0) is 33.3 Å². The number of carbonyl (C=O) groups excluding carboxylic acids is 3. The van der Waals surface area contributed by atoms with Crippen molar-refractivity contribution in [3.05, 3.63) is 35.9 Å². The second kappa shape index (κ2) is 10.6. The molecule has 0 saturated carbocycles. The van der Waals surface area contributed by atoms with Crippen molar-refractivity contribution in [1.29, 1.82) is 0 Å². The molecule has 156 valence electrons. The number of hydrogen-bond donors (Lipinski definition) is 4. The molecule has 9 nitrogen and oxygen atoms in total. The summed E-state index contributed by atoms with van der Waals surface area (Å²) in [5.74, 6) is -1.71. The van der Waals surface area contributed by atoms with Gasteiger partial charge in [0.1, 0.15) is 18.2 Å². The van der Waals surface area contributed by atoms with Crippen molar-refractivity contribution >= 4 is 18.0 Å². The lowest BCUT2D eigenvalue weighted by Gasteiger charge is -2.25. The summed E-state index contributed by atoms with van der Waals surface area (Å²) in [5, 5.41) is 23.7. The number of alkyl carbamates (subject to hydrolysis) is 1. The topological polar surface area (TPSA) is 134 Å². The Labute approximate surface area is 164 Å². The third-order valence-electron chi connectivity index (χ3n) is 3.45. The van der Waals surface area contributed by atoms with Crippen LogP contribution in [0.1, 0.15) is 33.3 Å². The fraction of sp³-hybridized carbons (Fsp3) is 0.526. The van der Waals surface area contributed by atoms with E-state index in [0.717, 1.165) is 5.56 Å². The van der Waals surface area contributed by atoms with Crippen LogP contribution >= 0.6 is 0 Å². The molecule has 1 aromatic rings. The van der Waals surface area contributed by atoms with Gasteiger partial charge in [-0.15, -0.1) is 0 Å². The van der Waals surface area contributed by atoms with Crippen LogP contribution in [-0.4, -0.2) is 58.6 Å². The maximum atomic E-state index is 12.3. The van der Waals surface area contributed by atoms with E-state index >= 15 is 0 Å². The van der Waals surface area contributed by atoms with Crippen LogP contribution < -0.4 is 10.6 Å². The molecule has 3 atom stereocenters. The Morgan fingerprint density at radius 1 is 1.11 bits per heavy atom. The molecule has 0 aromatic heterocycles. The van der Waals surface area contributed by atoms with Crippen molar-refractivity contribution in [1.82, 2.24) is 10.6 Å². The molecule has 0 bridgehead atoms. The van der Waals surface area contributed by atoms with Crippen molar-refractivity contribution in [2.45, 2.75) is 58.1 Å². The van der Waals surface area contributed by atoms with Crippen molar-refractivity contribution in [3.8, 4) is 0 Å². The van der Waals surface area contributed by atoms with Gasteiger partial charge in [-0.2, -0.15) is 0 Å². The Hall–Kier alpha value is -2.65. The van der Waals surface area contributed by atoms with Crippen LogP contribution in [0.4, 0.5) is 4.79 Å². The number of aliphatic hydroxyl groups is 2. The first-order valence-electron chi connectivity index (χ1n) is 8.83. The normalized spacial score (nSPS) is 14.4. The summed E-state index contributed by atoms with van der Waals surface area (Å²) in [6.45, 7) is 5.49. The average molecular weight is 396 g/mol. The van der Waals surface area contributed by atoms with Crippen LogP contribution in [-0.2, 0) is 25.7 Å². The zero-order chi connectivity index (χ0) is 21.3. The molecule has 4 N–H and O–H groups in total. The quantitative estimate of drug-likeness (QED) is 0.470. The average Bonchev–Trinajstić information content (AvgIpc) is 2.61. The van der Waals surface area contributed by atoms with Gasteiger partial charge in [0.25, 0.3) is 0 Å². The van der Waals surface area contributed by atoms with Crippen LogP contribution in [0.25, 0.3) is 0 Å². The predicted octanol–water partition coefficient (Wildman–Crippen LogP) is 0.481. The van der Waals surface area contributed by atoms with Crippen LogP contribution in [0.3, 0.4) is 0 Å². The Morgan fingerprint density at radius 2 is 1.71 bits per heavy atom. The summed E-state index contributed by atoms with van der Waals surface area (Å²) < 4.78 is 10.2. The number of benzene rings is 1. The van der Waals surface area contributed by atoms with Gasteiger partial charge in [0.2, 0.25) is 5.91 Å². The molecule has 0 radical (unpaired) electrons. The van der Waals surface area contributed by atoms with Gasteiger partial charge >= 0.3 is 12.1 Å². The van der Waals surface area contributed by atoms with Gasteiger partial charge in [0, 0.05) is 0 Å². The molecular weight excluding hydrogens is 368 g/mol. The lowest BCUT2D eigenvalue weighted by Crippen LogP contribution is -2.56. The first-order valence-corrected chi connectivity index (χ1v) is 8.83. The first kappa shape index (κ1) is 23.4. The highest BCUT2D eigenvalue weighted by Gasteiger charge is 2.31. The van der Waals surface area contributed by atoms with E-state index in [1.807, 2.05) is 6.07 Å². The lowest BCUT2D eigenvalue weighted by atomic mass is 10.1. The summed E-state index contributed by atoms with van der Waals surface area (Å²) >= 11 is 0. The third kappa shape index (κ3) is 8.36. The first-order chi connectivity index (χ1) is 13.0. The van der Waals surface area contributed by atoms with Gasteiger partial charge in [0.05, 0.1) is 12.7 Å². The van der Waals surface area contributed by atoms with E-state index in [4.69, 9.17) is 9.47 Å². The molecule has 0 fully saturated rings. The summed E-state index contributed by atoms with van der Waals surface area (Å²) in [6.07, 6.45) is -2.16. The number of aliphatic hydroxyl groups excluding tert-OH is 2. The Bertz CT molecular complexity index is 656. The lowest BCUT2D eigenvalue weighted by molar-refractivity contribution is -0.152. The second-order valence-electron chi connectivity index (χ2n) is 7.20. The van der Waals surface area contributed by atoms with E-state index < -0.39 is 48.4 Å². The van der Waals surface area contributed by atoms with Gasteiger partial charge in [-0.3, -0.25) is 4.79 Å². The molecular formula is C19H28N2O7. The minimum absolute atomic E-state index is 0.0294. The van der Waals surface area contributed by atoms with Crippen LogP contribution in [0.2, 0.25) is 0 Å². The Balaban J connectivity index is 2.68. The fourth-order valence-corrected chi connectivity index (χ4v) is 2.09. The molecule has 0 saturated heterocycles. The molecule has 0 aliphatic carbocycles. The van der Waals surface area contributed by atoms with Gasteiger partial charge in [-0.1, -0.05) is 30.3 Å². The minimum atomic E-state index is -1.37. The number of nitrogens with one attached hydrogen (secondary N) is 2. The zero-order valence-electron chi connectivity index (χ0n) is 16.5. The maximum absolute atomic E-state index is 12.3. The molecule has 9 heteroatoms. The number of carbonyl (C=O) groups is 3.